The number of aromatic nitrogens is 2. The van der Waals surface area contributed by atoms with Gasteiger partial charge in [-0.3, -0.25) is 4.68 Å². The molecule has 106 valence electrons. The predicted octanol–water partition coefficient (Wildman–Crippen LogP) is 3.01. The van der Waals surface area contributed by atoms with Crippen LogP contribution in [0.25, 0.3) is 0 Å². The van der Waals surface area contributed by atoms with Crippen LogP contribution in [-0.4, -0.2) is 14.9 Å². The summed E-state index contributed by atoms with van der Waals surface area (Å²) < 4.78 is 1.95. The molecule has 1 heterocycles. The van der Waals surface area contributed by atoms with Crippen molar-refractivity contribution in [3.63, 3.8) is 0 Å². The monoisotopic (exact) mass is 271 g/mol. The molecule has 0 saturated heterocycles. The zero-order chi connectivity index (χ0) is 14.7. The molecule has 0 spiro atoms. The van der Waals surface area contributed by atoms with Crippen LogP contribution in [0.1, 0.15) is 44.9 Å². The van der Waals surface area contributed by atoms with Crippen molar-refractivity contribution in [1.29, 1.82) is 5.26 Å². The number of nitrogens with zero attached hydrogens (tertiary/aromatic N) is 3. The molecular formula is C16H21N3O. The van der Waals surface area contributed by atoms with E-state index >= 15 is 0 Å². The third-order valence-corrected chi connectivity index (χ3v) is 5.47. The molecule has 0 aromatic carbocycles. The summed E-state index contributed by atoms with van der Waals surface area (Å²) in [6, 6.07) is 2.21. The summed E-state index contributed by atoms with van der Waals surface area (Å²) in [5.41, 5.74) is 2.57. The number of aliphatic hydroxyl groups excluding tert-OH is 1. The molecule has 0 unspecified atom stereocenters. The molecular weight excluding hydrogens is 250 g/mol. The van der Waals surface area contributed by atoms with Crippen molar-refractivity contribution in [2.75, 3.05) is 0 Å². The standard InChI is InChI=1S/C16H21N3O/c1-15(2)12-6-5-10-9-18-19(4)13(10)16(12,3)7-11(8-17)14(15)20/h9,12,20H,5-7H2,1-4H3/t12-,16-/m0/s1. The smallest absolute Gasteiger partial charge is 0.112 e. The van der Waals surface area contributed by atoms with Crippen LogP contribution in [0.5, 0.6) is 0 Å². The number of allylic oxidation sites excluding steroid dienone is 2. The first-order valence-electron chi connectivity index (χ1n) is 7.16. The molecule has 4 nitrogen and oxygen atoms in total. The Labute approximate surface area is 119 Å². The summed E-state index contributed by atoms with van der Waals surface area (Å²) in [4.78, 5) is 0. The molecule has 20 heavy (non-hydrogen) atoms. The van der Waals surface area contributed by atoms with Gasteiger partial charge in [-0.25, -0.2) is 0 Å². The number of hydrogen-bond donors (Lipinski definition) is 1. The van der Waals surface area contributed by atoms with Gasteiger partial charge in [-0.05, 0) is 30.7 Å². The van der Waals surface area contributed by atoms with Crippen molar-refractivity contribution in [3.05, 3.63) is 28.8 Å². The molecule has 2 aliphatic carbocycles. The van der Waals surface area contributed by atoms with Crippen molar-refractivity contribution < 1.29 is 5.11 Å². The van der Waals surface area contributed by atoms with Crippen molar-refractivity contribution in [2.45, 2.75) is 45.4 Å². The zero-order valence-corrected chi connectivity index (χ0v) is 12.6. The Balaban J connectivity index is 2.25. The highest BCUT2D eigenvalue weighted by Gasteiger charge is 2.54. The van der Waals surface area contributed by atoms with Gasteiger partial charge in [0.1, 0.15) is 5.76 Å². The topological polar surface area (TPSA) is 61.8 Å². The van der Waals surface area contributed by atoms with E-state index in [-0.39, 0.29) is 16.6 Å². The lowest BCUT2D eigenvalue weighted by atomic mass is 9.52. The minimum atomic E-state index is -0.361. The van der Waals surface area contributed by atoms with E-state index in [9.17, 15) is 10.4 Å². The molecule has 4 heteroatoms. The van der Waals surface area contributed by atoms with E-state index in [1.54, 1.807) is 0 Å². The van der Waals surface area contributed by atoms with Gasteiger partial charge in [-0.2, -0.15) is 10.4 Å². The van der Waals surface area contributed by atoms with E-state index in [0.29, 0.717) is 17.9 Å². The summed E-state index contributed by atoms with van der Waals surface area (Å²) in [5, 5.41) is 24.2. The maximum atomic E-state index is 10.5. The van der Waals surface area contributed by atoms with E-state index in [0.717, 1.165) is 12.8 Å². The lowest BCUT2D eigenvalue weighted by Gasteiger charge is -2.52. The maximum absolute atomic E-state index is 10.5. The minimum Gasteiger partial charge on any atom is -0.511 e. The Kier molecular flexibility index (Phi) is 2.57. The molecule has 0 aliphatic heterocycles. The molecule has 1 aromatic rings. The Bertz CT molecular complexity index is 647. The fourth-order valence-corrected chi connectivity index (χ4v) is 4.65. The highest BCUT2D eigenvalue weighted by Crippen LogP contribution is 2.57. The van der Waals surface area contributed by atoms with Gasteiger partial charge in [0.05, 0.1) is 17.8 Å². The molecule has 1 N–H and O–H groups in total. The fraction of sp³-hybridized carbons (Fsp3) is 0.625. The summed E-state index contributed by atoms with van der Waals surface area (Å²) in [6.45, 7) is 6.34. The zero-order valence-electron chi connectivity index (χ0n) is 12.6. The SMILES string of the molecule is Cn1ncc2c1[C@@]1(C)CC(C#N)=C(O)C(C)(C)[C@@H]1CC2. The van der Waals surface area contributed by atoms with E-state index in [1.807, 2.05) is 17.9 Å². The van der Waals surface area contributed by atoms with Gasteiger partial charge >= 0.3 is 0 Å². The second-order valence-electron chi connectivity index (χ2n) is 6.99. The van der Waals surface area contributed by atoms with Crippen LogP contribution in [0, 0.1) is 22.7 Å². The Hall–Kier alpha value is -1.76. The van der Waals surface area contributed by atoms with Gasteiger partial charge in [0, 0.05) is 23.6 Å². The number of fused-ring (bicyclic) bond motifs is 3. The number of hydrogen-bond acceptors (Lipinski definition) is 3. The van der Waals surface area contributed by atoms with Gasteiger partial charge in [-0.15, -0.1) is 0 Å². The van der Waals surface area contributed by atoms with Crippen LogP contribution in [0.15, 0.2) is 17.5 Å². The van der Waals surface area contributed by atoms with Crippen molar-refractivity contribution >= 4 is 0 Å². The predicted molar refractivity (Wildman–Crippen MR) is 76.0 cm³/mol. The number of nitriles is 1. The first-order valence-corrected chi connectivity index (χ1v) is 7.16. The van der Waals surface area contributed by atoms with Gasteiger partial charge in [0.25, 0.3) is 0 Å². The Morgan fingerprint density at radius 2 is 2.15 bits per heavy atom. The molecule has 2 atom stereocenters. The molecule has 0 bridgehead atoms. The van der Waals surface area contributed by atoms with Crippen molar-refractivity contribution in [1.82, 2.24) is 9.78 Å². The molecule has 0 fully saturated rings. The van der Waals surface area contributed by atoms with Crippen LogP contribution in [0.3, 0.4) is 0 Å². The third-order valence-electron chi connectivity index (χ3n) is 5.47. The van der Waals surface area contributed by atoms with E-state index in [4.69, 9.17) is 0 Å². The molecule has 3 rings (SSSR count). The Morgan fingerprint density at radius 3 is 2.80 bits per heavy atom. The number of rotatable bonds is 0. The average molecular weight is 271 g/mol. The van der Waals surface area contributed by atoms with Gasteiger partial charge < -0.3 is 5.11 Å². The first-order chi connectivity index (χ1) is 9.32. The number of aliphatic hydroxyl groups is 1. The molecule has 1 aromatic heterocycles. The van der Waals surface area contributed by atoms with E-state index < -0.39 is 0 Å². The summed E-state index contributed by atoms with van der Waals surface area (Å²) >= 11 is 0. The van der Waals surface area contributed by atoms with E-state index in [2.05, 4.69) is 31.9 Å². The first kappa shape index (κ1) is 13.2. The van der Waals surface area contributed by atoms with Gasteiger partial charge in [-0.1, -0.05) is 20.8 Å². The normalized spacial score (nSPS) is 31.4. The summed E-state index contributed by atoms with van der Waals surface area (Å²) in [7, 11) is 1.98. The minimum absolute atomic E-state index is 0.125. The van der Waals surface area contributed by atoms with Crippen LogP contribution in [-0.2, 0) is 18.9 Å². The largest absolute Gasteiger partial charge is 0.511 e. The van der Waals surface area contributed by atoms with Crippen molar-refractivity contribution in [3.8, 4) is 6.07 Å². The van der Waals surface area contributed by atoms with Crippen LogP contribution >= 0.6 is 0 Å². The molecule has 0 saturated carbocycles. The van der Waals surface area contributed by atoms with E-state index in [1.165, 1.54) is 11.3 Å². The third kappa shape index (κ3) is 1.44. The highest BCUT2D eigenvalue weighted by molar-refractivity contribution is 5.42. The maximum Gasteiger partial charge on any atom is 0.112 e. The fourth-order valence-electron chi connectivity index (χ4n) is 4.65. The molecule has 0 amide bonds. The second-order valence-corrected chi connectivity index (χ2v) is 6.99. The average Bonchev–Trinajstić information content (AvgIpc) is 2.77. The lowest BCUT2D eigenvalue weighted by Crippen LogP contribution is -2.49. The van der Waals surface area contributed by atoms with Crippen LogP contribution in [0.4, 0.5) is 0 Å². The quantitative estimate of drug-likeness (QED) is 0.789. The molecule has 0 radical (unpaired) electrons. The van der Waals surface area contributed by atoms with Crippen LogP contribution < -0.4 is 0 Å². The molecule has 2 aliphatic rings. The Morgan fingerprint density at radius 1 is 1.45 bits per heavy atom. The lowest BCUT2D eigenvalue weighted by molar-refractivity contribution is 0.0612. The summed E-state index contributed by atoms with van der Waals surface area (Å²) in [5.74, 6) is 0.614. The summed E-state index contributed by atoms with van der Waals surface area (Å²) in [6.07, 6.45) is 4.59. The number of aryl methyl sites for hydroxylation is 2. The van der Waals surface area contributed by atoms with Crippen LogP contribution in [0.2, 0.25) is 0 Å². The second kappa shape index (κ2) is 3.88. The highest BCUT2D eigenvalue weighted by atomic mass is 16.3. The van der Waals surface area contributed by atoms with Gasteiger partial charge in [0.2, 0.25) is 0 Å². The van der Waals surface area contributed by atoms with Crippen molar-refractivity contribution in [2.24, 2.45) is 18.4 Å². The van der Waals surface area contributed by atoms with Gasteiger partial charge in [0.15, 0.2) is 0 Å².